The van der Waals surface area contributed by atoms with Gasteiger partial charge in [0.1, 0.15) is 0 Å². The van der Waals surface area contributed by atoms with Crippen LogP contribution in [0.25, 0.3) is 65.5 Å². The molecule has 0 amide bonds. The minimum atomic E-state index is -0.0592. The van der Waals surface area contributed by atoms with Gasteiger partial charge in [-0.05, 0) is 99.3 Å². The Balaban J connectivity index is 1.17. The van der Waals surface area contributed by atoms with E-state index in [4.69, 9.17) is 0 Å². The average molecular weight is 801 g/mol. The van der Waals surface area contributed by atoms with Gasteiger partial charge in [-0.15, -0.1) is 0 Å². The van der Waals surface area contributed by atoms with Gasteiger partial charge in [0.05, 0.1) is 28.1 Å². The molecular weight excluding hydrogens is 763 g/mol. The molecule has 292 valence electrons. The monoisotopic (exact) mass is 800 g/mol. The predicted octanol–water partition coefficient (Wildman–Crippen LogP) is 13.1. The first-order valence-electron chi connectivity index (χ1n) is 21.8. The highest BCUT2D eigenvalue weighted by Gasteiger charge is 2.44. The summed E-state index contributed by atoms with van der Waals surface area (Å²) in [5, 5.41) is 9.94. The molecule has 12 aromatic rings. The average Bonchev–Trinajstić information content (AvgIpc) is 4.00. The van der Waals surface area contributed by atoms with Crippen LogP contribution in [0, 0.1) is 0 Å². The fraction of sp³-hybridized carbons (Fsp3) is 0. The van der Waals surface area contributed by atoms with Crippen molar-refractivity contribution >= 4 is 111 Å². The van der Waals surface area contributed by atoms with E-state index in [9.17, 15) is 0 Å². The minimum absolute atomic E-state index is 0.0592. The summed E-state index contributed by atoms with van der Waals surface area (Å²) < 4.78 is 5.03. The summed E-state index contributed by atoms with van der Waals surface area (Å²) in [5.74, 6) is 0. The van der Waals surface area contributed by atoms with Crippen molar-refractivity contribution in [2.75, 3.05) is 9.80 Å². The van der Waals surface area contributed by atoms with Gasteiger partial charge < -0.3 is 18.9 Å². The van der Waals surface area contributed by atoms with Crippen LogP contribution in [-0.4, -0.2) is 15.8 Å². The van der Waals surface area contributed by atoms with Crippen LogP contribution < -0.4 is 26.2 Å². The van der Waals surface area contributed by atoms with Gasteiger partial charge in [-0.3, -0.25) is 0 Å². The lowest BCUT2D eigenvalue weighted by Crippen LogP contribution is -2.60. The number of benzene rings is 10. The first kappa shape index (κ1) is 34.4. The van der Waals surface area contributed by atoms with Crippen LogP contribution in [0.2, 0.25) is 0 Å². The Kier molecular flexibility index (Phi) is 7.17. The molecule has 0 N–H and O–H groups in total. The molecule has 0 unspecified atom stereocenters. The molecule has 0 aliphatic carbocycles. The number of nitrogens with zero attached hydrogens (tertiary/aromatic N) is 4. The number of rotatable bonds is 6. The lowest BCUT2D eigenvalue weighted by molar-refractivity contribution is 1.11. The molecule has 0 fully saturated rings. The van der Waals surface area contributed by atoms with Crippen LogP contribution in [-0.2, 0) is 0 Å². The molecule has 5 heteroatoms. The number of fused-ring (bicyclic) bond motifs is 10. The van der Waals surface area contributed by atoms with E-state index in [1.807, 2.05) is 0 Å². The number of anilines is 6. The van der Waals surface area contributed by atoms with Gasteiger partial charge in [0.15, 0.2) is 0 Å². The molecule has 0 saturated carbocycles. The zero-order chi connectivity index (χ0) is 41.2. The van der Waals surface area contributed by atoms with Gasteiger partial charge in [0.25, 0.3) is 6.71 Å². The summed E-state index contributed by atoms with van der Waals surface area (Å²) in [6.45, 7) is -0.0592. The number of hydrogen-bond acceptors (Lipinski definition) is 2. The van der Waals surface area contributed by atoms with Gasteiger partial charge >= 0.3 is 0 Å². The Labute approximate surface area is 364 Å². The molecule has 14 rings (SSSR count). The summed E-state index contributed by atoms with van der Waals surface area (Å²) in [5.41, 5.74) is 16.0. The Bertz CT molecular complexity index is 3720. The number of aromatic nitrogens is 2. The molecule has 4 nitrogen and oxygen atoms in total. The van der Waals surface area contributed by atoms with E-state index in [0.717, 1.165) is 22.7 Å². The lowest BCUT2D eigenvalue weighted by Gasteiger charge is -2.37. The molecule has 4 heterocycles. The quantitative estimate of drug-likeness (QED) is 0.156. The van der Waals surface area contributed by atoms with Crippen LogP contribution in [0.5, 0.6) is 0 Å². The molecule has 2 aromatic heterocycles. The second-order valence-corrected chi connectivity index (χ2v) is 16.8. The zero-order valence-corrected chi connectivity index (χ0v) is 34.2. The van der Waals surface area contributed by atoms with Crippen molar-refractivity contribution in [3.8, 4) is 11.4 Å². The summed E-state index contributed by atoms with van der Waals surface area (Å²) >= 11 is 0. The van der Waals surface area contributed by atoms with Crippen molar-refractivity contribution in [3.63, 3.8) is 0 Å². The lowest BCUT2D eigenvalue weighted by atomic mass is 9.33. The molecule has 63 heavy (non-hydrogen) atoms. The van der Waals surface area contributed by atoms with Crippen molar-refractivity contribution in [3.05, 3.63) is 225 Å². The predicted molar refractivity (Wildman–Crippen MR) is 267 cm³/mol. The second kappa shape index (κ2) is 13.1. The van der Waals surface area contributed by atoms with E-state index in [2.05, 4.69) is 244 Å². The molecule has 0 atom stereocenters. The Morgan fingerprint density at radius 2 is 0.698 bits per heavy atom. The van der Waals surface area contributed by atoms with Crippen LogP contribution in [0.3, 0.4) is 0 Å². The highest BCUT2D eigenvalue weighted by atomic mass is 15.2. The minimum Gasteiger partial charge on any atom is -0.317 e. The third kappa shape index (κ3) is 4.71. The molecule has 10 aromatic carbocycles. The largest absolute Gasteiger partial charge is 0.317 e. The Hall–Kier alpha value is -8.28. The van der Waals surface area contributed by atoms with Gasteiger partial charge in [0, 0.05) is 67.8 Å². The van der Waals surface area contributed by atoms with Crippen LogP contribution >= 0.6 is 0 Å². The molecular formula is C58H37BN4. The number of para-hydroxylation sites is 4. The molecule has 0 bridgehead atoms. The second-order valence-electron chi connectivity index (χ2n) is 16.8. The van der Waals surface area contributed by atoms with E-state index in [0.29, 0.717) is 0 Å². The smallest absolute Gasteiger partial charge is 0.253 e. The van der Waals surface area contributed by atoms with Crippen molar-refractivity contribution in [1.82, 2.24) is 9.13 Å². The summed E-state index contributed by atoms with van der Waals surface area (Å²) in [6, 6.07) is 77.9. The third-order valence-electron chi connectivity index (χ3n) is 13.6. The summed E-state index contributed by atoms with van der Waals surface area (Å²) in [7, 11) is 0. The first-order chi connectivity index (χ1) is 31.3. The zero-order valence-electron chi connectivity index (χ0n) is 34.2. The van der Waals surface area contributed by atoms with Crippen molar-refractivity contribution in [2.24, 2.45) is 0 Å². The van der Waals surface area contributed by atoms with E-state index < -0.39 is 0 Å². The maximum Gasteiger partial charge on any atom is 0.253 e. The molecule has 0 saturated heterocycles. The van der Waals surface area contributed by atoms with E-state index in [1.54, 1.807) is 0 Å². The van der Waals surface area contributed by atoms with Crippen molar-refractivity contribution in [2.45, 2.75) is 0 Å². The van der Waals surface area contributed by atoms with Crippen LogP contribution in [0.15, 0.2) is 225 Å². The molecule has 2 aliphatic rings. The highest BCUT2D eigenvalue weighted by Crippen LogP contribution is 2.49. The van der Waals surface area contributed by atoms with Crippen molar-refractivity contribution in [1.29, 1.82) is 0 Å². The fourth-order valence-corrected chi connectivity index (χ4v) is 11.3. The SMILES string of the molecule is c1ccc(N(c2ccccc2)c2c3ccccc3c3c4c2ccn4-c2cc4ccccc4c4c2B3c2c3ccccc3c(N(c3ccccc3)c3ccccc3)c3ccn-4c23)cc1. The topological polar surface area (TPSA) is 16.3 Å². The van der Waals surface area contributed by atoms with Crippen molar-refractivity contribution < 1.29 is 0 Å². The maximum atomic E-state index is 2.53. The van der Waals surface area contributed by atoms with E-state index >= 15 is 0 Å². The van der Waals surface area contributed by atoms with Gasteiger partial charge in [-0.1, -0.05) is 146 Å². The molecule has 2 aliphatic heterocycles. The molecule has 0 spiro atoms. The Morgan fingerprint density at radius 1 is 0.317 bits per heavy atom. The van der Waals surface area contributed by atoms with Gasteiger partial charge in [0.2, 0.25) is 0 Å². The third-order valence-corrected chi connectivity index (χ3v) is 13.6. The highest BCUT2D eigenvalue weighted by molar-refractivity contribution is 7.03. The maximum absolute atomic E-state index is 2.53. The van der Waals surface area contributed by atoms with E-state index in [1.165, 1.54) is 93.3 Å². The Morgan fingerprint density at radius 3 is 1.17 bits per heavy atom. The molecule has 0 radical (unpaired) electrons. The normalized spacial score (nSPS) is 12.4. The summed E-state index contributed by atoms with van der Waals surface area (Å²) in [6.07, 6.45) is 4.66. The van der Waals surface area contributed by atoms with Crippen LogP contribution in [0.4, 0.5) is 34.1 Å². The fourth-order valence-electron chi connectivity index (χ4n) is 11.3. The first-order valence-corrected chi connectivity index (χ1v) is 21.8. The standard InChI is InChI=1S/C58H37BN4/c1-5-20-39(21-6-1)62(40-22-7-2-8-23-40)54-46-31-17-15-29-44(46)51-57-48(54)33-35-60(57)50-37-38-19-13-14-28-43(38)56-53(50)59(51)52-45-30-16-18-32-47(45)55(49-34-36-61(56)58(49)52)63(41-24-9-3-10-25-41)42-26-11-4-12-27-42/h1-37H. The van der Waals surface area contributed by atoms with Gasteiger partial charge in [-0.2, -0.15) is 0 Å². The van der Waals surface area contributed by atoms with Gasteiger partial charge in [-0.25, -0.2) is 0 Å². The number of hydrogen-bond donors (Lipinski definition) is 0. The van der Waals surface area contributed by atoms with E-state index in [-0.39, 0.29) is 6.71 Å². The van der Waals surface area contributed by atoms with Crippen LogP contribution in [0.1, 0.15) is 0 Å². The summed E-state index contributed by atoms with van der Waals surface area (Å²) in [4.78, 5) is 4.93.